The summed E-state index contributed by atoms with van der Waals surface area (Å²) in [4.78, 5) is 4.27. The summed E-state index contributed by atoms with van der Waals surface area (Å²) in [5.74, 6) is 0.581. The molecule has 1 aliphatic heterocycles. The van der Waals surface area contributed by atoms with Crippen molar-refractivity contribution in [2.45, 2.75) is 19.0 Å². The standard InChI is InChI=1S/C13H25F3N2O2/c1-17(7-9-20-11-13(14,15)16)10-12-2-4-18(5-3-12)6-8-19/h12,19H,2-11H2,1H3. The summed E-state index contributed by atoms with van der Waals surface area (Å²) in [5.41, 5.74) is 0. The maximum Gasteiger partial charge on any atom is 0.411 e. The second-order valence-corrected chi connectivity index (χ2v) is 5.44. The molecule has 1 saturated heterocycles. The van der Waals surface area contributed by atoms with Crippen molar-refractivity contribution in [2.24, 2.45) is 5.92 Å². The lowest BCUT2D eigenvalue weighted by Gasteiger charge is -2.33. The third kappa shape index (κ3) is 8.04. The van der Waals surface area contributed by atoms with Crippen molar-refractivity contribution in [2.75, 3.05) is 59.6 Å². The van der Waals surface area contributed by atoms with E-state index in [1.165, 1.54) is 0 Å². The highest BCUT2D eigenvalue weighted by Gasteiger charge is 2.27. The molecule has 0 saturated carbocycles. The highest BCUT2D eigenvalue weighted by Crippen LogP contribution is 2.18. The number of aliphatic hydroxyl groups is 1. The first-order valence-corrected chi connectivity index (χ1v) is 7.07. The molecule has 0 amide bonds. The van der Waals surface area contributed by atoms with Gasteiger partial charge in [-0.15, -0.1) is 0 Å². The zero-order chi connectivity index (χ0) is 15.0. The van der Waals surface area contributed by atoms with Gasteiger partial charge in [-0.3, -0.25) is 0 Å². The maximum atomic E-state index is 11.9. The normalized spacial score (nSPS) is 18.9. The first-order chi connectivity index (χ1) is 9.40. The van der Waals surface area contributed by atoms with Gasteiger partial charge >= 0.3 is 6.18 Å². The number of ether oxygens (including phenoxy) is 1. The zero-order valence-corrected chi connectivity index (χ0v) is 12.0. The van der Waals surface area contributed by atoms with Crippen LogP contribution in [0.4, 0.5) is 13.2 Å². The Morgan fingerprint density at radius 2 is 1.95 bits per heavy atom. The Balaban J connectivity index is 2.07. The number of likely N-dealkylation sites (N-methyl/N-ethyl adjacent to an activating group) is 1. The number of aliphatic hydroxyl groups excluding tert-OH is 1. The lowest BCUT2D eigenvalue weighted by molar-refractivity contribution is -0.174. The lowest BCUT2D eigenvalue weighted by Crippen LogP contribution is -2.39. The van der Waals surface area contributed by atoms with Gasteiger partial charge in [0.1, 0.15) is 6.61 Å². The van der Waals surface area contributed by atoms with Crippen molar-refractivity contribution in [1.29, 1.82) is 0 Å². The fourth-order valence-corrected chi connectivity index (χ4v) is 2.47. The third-order valence-corrected chi connectivity index (χ3v) is 3.58. The first kappa shape index (κ1) is 17.7. The Morgan fingerprint density at radius 1 is 1.30 bits per heavy atom. The van der Waals surface area contributed by atoms with Gasteiger partial charge in [0.15, 0.2) is 0 Å². The first-order valence-electron chi connectivity index (χ1n) is 7.07. The summed E-state index contributed by atoms with van der Waals surface area (Å²) in [6.45, 7) is 3.26. The van der Waals surface area contributed by atoms with E-state index in [1.807, 2.05) is 11.9 Å². The van der Waals surface area contributed by atoms with Crippen LogP contribution in [-0.2, 0) is 4.74 Å². The Hall–Kier alpha value is -0.370. The Kier molecular flexibility index (Phi) is 7.79. The van der Waals surface area contributed by atoms with Crippen LogP contribution in [0, 0.1) is 5.92 Å². The van der Waals surface area contributed by atoms with Crippen LogP contribution in [0.25, 0.3) is 0 Å². The van der Waals surface area contributed by atoms with Crippen LogP contribution in [0.1, 0.15) is 12.8 Å². The minimum absolute atomic E-state index is 0.110. The van der Waals surface area contributed by atoms with E-state index in [4.69, 9.17) is 5.11 Å². The van der Waals surface area contributed by atoms with E-state index in [1.54, 1.807) is 0 Å². The number of rotatable bonds is 8. The summed E-state index contributed by atoms with van der Waals surface area (Å²) < 4.78 is 40.3. The van der Waals surface area contributed by atoms with E-state index in [0.29, 0.717) is 12.5 Å². The topological polar surface area (TPSA) is 35.9 Å². The number of β-amino-alcohol motifs (C(OH)–C–C–N with tert-alkyl or cyclic N) is 1. The van der Waals surface area contributed by atoms with Crippen molar-refractivity contribution >= 4 is 0 Å². The molecule has 1 heterocycles. The van der Waals surface area contributed by atoms with Crippen molar-refractivity contribution in [1.82, 2.24) is 9.80 Å². The van der Waals surface area contributed by atoms with E-state index in [9.17, 15) is 13.2 Å². The van der Waals surface area contributed by atoms with E-state index >= 15 is 0 Å². The third-order valence-electron chi connectivity index (χ3n) is 3.58. The van der Waals surface area contributed by atoms with Gasteiger partial charge in [-0.25, -0.2) is 0 Å². The fourth-order valence-electron chi connectivity index (χ4n) is 2.47. The Labute approximate surface area is 118 Å². The molecule has 0 radical (unpaired) electrons. The van der Waals surface area contributed by atoms with Gasteiger partial charge in [0.05, 0.1) is 13.2 Å². The summed E-state index contributed by atoms with van der Waals surface area (Å²) in [6.07, 6.45) is -2.08. The van der Waals surface area contributed by atoms with Crippen LogP contribution in [-0.4, -0.2) is 80.7 Å². The van der Waals surface area contributed by atoms with Crippen molar-refractivity contribution in [3.8, 4) is 0 Å². The second-order valence-electron chi connectivity index (χ2n) is 5.44. The maximum absolute atomic E-state index is 11.9. The molecule has 1 rings (SSSR count). The number of nitrogens with zero attached hydrogens (tertiary/aromatic N) is 2. The van der Waals surface area contributed by atoms with Gasteiger partial charge < -0.3 is 19.6 Å². The number of likely N-dealkylation sites (tertiary alicyclic amines) is 1. The van der Waals surface area contributed by atoms with Crippen molar-refractivity contribution in [3.05, 3.63) is 0 Å². The van der Waals surface area contributed by atoms with Gasteiger partial charge in [0.25, 0.3) is 0 Å². The van der Waals surface area contributed by atoms with Crippen LogP contribution in [0.5, 0.6) is 0 Å². The molecule has 0 atom stereocenters. The van der Waals surface area contributed by atoms with Gasteiger partial charge in [-0.1, -0.05) is 0 Å². The van der Waals surface area contributed by atoms with Crippen molar-refractivity contribution < 1.29 is 23.0 Å². The van der Waals surface area contributed by atoms with Gasteiger partial charge in [-0.2, -0.15) is 13.2 Å². The van der Waals surface area contributed by atoms with Crippen LogP contribution in [0.3, 0.4) is 0 Å². The van der Waals surface area contributed by atoms with Crippen LogP contribution >= 0.6 is 0 Å². The molecular formula is C13H25F3N2O2. The van der Waals surface area contributed by atoms with Crippen LogP contribution < -0.4 is 0 Å². The average molecular weight is 298 g/mol. The van der Waals surface area contributed by atoms with Gasteiger partial charge in [0.2, 0.25) is 0 Å². The summed E-state index contributed by atoms with van der Waals surface area (Å²) in [7, 11) is 1.91. The molecule has 1 N–H and O–H groups in total. The van der Waals surface area contributed by atoms with Crippen LogP contribution in [0.2, 0.25) is 0 Å². The molecule has 0 aliphatic carbocycles. The molecule has 0 unspecified atom stereocenters. The number of piperidine rings is 1. The molecule has 0 spiro atoms. The minimum atomic E-state index is -4.24. The molecule has 120 valence electrons. The highest BCUT2D eigenvalue weighted by molar-refractivity contribution is 4.74. The monoisotopic (exact) mass is 298 g/mol. The largest absolute Gasteiger partial charge is 0.411 e. The summed E-state index contributed by atoms with van der Waals surface area (Å²) in [5, 5.41) is 8.86. The molecule has 7 heteroatoms. The lowest BCUT2D eigenvalue weighted by atomic mass is 9.96. The molecular weight excluding hydrogens is 273 g/mol. The average Bonchev–Trinajstić information content (AvgIpc) is 2.36. The zero-order valence-electron chi connectivity index (χ0n) is 12.0. The second kappa shape index (κ2) is 8.81. The highest BCUT2D eigenvalue weighted by atomic mass is 19.4. The number of halogens is 3. The molecule has 0 aromatic heterocycles. The molecule has 0 bridgehead atoms. The number of alkyl halides is 3. The fraction of sp³-hybridized carbons (Fsp3) is 1.00. The molecule has 1 aliphatic rings. The molecule has 0 aromatic rings. The molecule has 1 fully saturated rings. The molecule has 0 aromatic carbocycles. The van der Waals surface area contributed by atoms with E-state index < -0.39 is 12.8 Å². The Bertz CT molecular complexity index is 256. The van der Waals surface area contributed by atoms with E-state index in [0.717, 1.165) is 39.0 Å². The van der Waals surface area contributed by atoms with E-state index in [-0.39, 0.29) is 13.2 Å². The predicted octanol–water partition coefficient (Wildman–Crippen LogP) is 1.20. The van der Waals surface area contributed by atoms with E-state index in [2.05, 4.69) is 9.64 Å². The number of hydrogen-bond donors (Lipinski definition) is 1. The van der Waals surface area contributed by atoms with Crippen molar-refractivity contribution in [3.63, 3.8) is 0 Å². The Morgan fingerprint density at radius 3 is 2.50 bits per heavy atom. The predicted molar refractivity (Wildman–Crippen MR) is 70.6 cm³/mol. The summed E-state index contributed by atoms with van der Waals surface area (Å²) in [6, 6.07) is 0. The molecule has 4 nitrogen and oxygen atoms in total. The smallest absolute Gasteiger partial charge is 0.395 e. The number of hydrogen-bond acceptors (Lipinski definition) is 4. The molecule has 20 heavy (non-hydrogen) atoms. The SMILES string of the molecule is CN(CCOCC(F)(F)F)CC1CCN(CCO)CC1. The van der Waals surface area contributed by atoms with Gasteiger partial charge in [-0.05, 0) is 38.9 Å². The quantitative estimate of drug-likeness (QED) is 0.683. The summed E-state index contributed by atoms with van der Waals surface area (Å²) >= 11 is 0. The van der Waals surface area contributed by atoms with Gasteiger partial charge in [0, 0.05) is 19.6 Å². The van der Waals surface area contributed by atoms with Crippen LogP contribution in [0.15, 0.2) is 0 Å². The minimum Gasteiger partial charge on any atom is -0.395 e.